The smallest absolute Gasteiger partial charge is 0.253 e. The number of hydrogen-bond acceptors (Lipinski definition) is 4. The molecule has 0 aliphatic carbocycles. The van der Waals surface area contributed by atoms with Crippen molar-refractivity contribution in [1.29, 1.82) is 0 Å². The lowest BCUT2D eigenvalue weighted by Gasteiger charge is -2.14. The summed E-state index contributed by atoms with van der Waals surface area (Å²) in [7, 11) is 1.79. The van der Waals surface area contributed by atoms with Crippen molar-refractivity contribution in [3.63, 3.8) is 0 Å². The van der Waals surface area contributed by atoms with E-state index in [4.69, 9.17) is 0 Å². The van der Waals surface area contributed by atoms with E-state index >= 15 is 0 Å². The van der Waals surface area contributed by atoms with E-state index in [1.54, 1.807) is 37.8 Å². The average molecular weight is 256 g/mol. The van der Waals surface area contributed by atoms with E-state index in [-0.39, 0.29) is 11.9 Å². The maximum Gasteiger partial charge on any atom is 0.253 e. The number of carbonyl (C=O) groups is 1. The largest absolute Gasteiger partial charge is 0.373 e. The van der Waals surface area contributed by atoms with Crippen LogP contribution in [0.1, 0.15) is 28.9 Å². The SMILES string of the molecule is CNc1ccc(C(=O)NC(C)c2ccncc2)cn1. The third kappa shape index (κ3) is 3.28. The first kappa shape index (κ1) is 13.0. The maximum absolute atomic E-state index is 12.0. The highest BCUT2D eigenvalue weighted by Crippen LogP contribution is 2.12. The van der Waals surface area contributed by atoms with Gasteiger partial charge >= 0.3 is 0 Å². The second-order valence-electron chi connectivity index (χ2n) is 4.16. The molecule has 0 aliphatic rings. The molecule has 19 heavy (non-hydrogen) atoms. The summed E-state index contributed by atoms with van der Waals surface area (Å²) in [5.41, 5.74) is 1.56. The van der Waals surface area contributed by atoms with Crippen molar-refractivity contribution in [1.82, 2.24) is 15.3 Å². The molecule has 2 rings (SSSR count). The fourth-order valence-electron chi connectivity index (χ4n) is 1.69. The van der Waals surface area contributed by atoms with Crippen LogP contribution in [0, 0.1) is 0 Å². The Balaban J connectivity index is 2.04. The number of nitrogens with zero attached hydrogens (tertiary/aromatic N) is 2. The van der Waals surface area contributed by atoms with E-state index < -0.39 is 0 Å². The summed E-state index contributed by atoms with van der Waals surface area (Å²) in [5, 5.41) is 5.83. The first-order valence-electron chi connectivity index (χ1n) is 6.05. The normalized spacial score (nSPS) is 11.7. The minimum Gasteiger partial charge on any atom is -0.373 e. The Kier molecular flexibility index (Phi) is 4.07. The monoisotopic (exact) mass is 256 g/mol. The van der Waals surface area contributed by atoms with Gasteiger partial charge in [-0.15, -0.1) is 0 Å². The number of amides is 1. The van der Waals surface area contributed by atoms with E-state index in [1.807, 2.05) is 19.1 Å². The zero-order valence-electron chi connectivity index (χ0n) is 10.9. The molecule has 2 aromatic rings. The zero-order valence-corrected chi connectivity index (χ0v) is 10.9. The molecule has 2 heterocycles. The Bertz CT molecular complexity index is 539. The lowest BCUT2D eigenvalue weighted by molar-refractivity contribution is 0.0939. The van der Waals surface area contributed by atoms with Crippen LogP contribution in [0.3, 0.4) is 0 Å². The van der Waals surface area contributed by atoms with Gasteiger partial charge in [0.25, 0.3) is 5.91 Å². The Morgan fingerprint density at radius 3 is 2.53 bits per heavy atom. The molecule has 0 saturated carbocycles. The van der Waals surface area contributed by atoms with Crippen LogP contribution >= 0.6 is 0 Å². The van der Waals surface area contributed by atoms with Crippen LogP contribution in [-0.2, 0) is 0 Å². The molecular weight excluding hydrogens is 240 g/mol. The quantitative estimate of drug-likeness (QED) is 0.878. The van der Waals surface area contributed by atoms with E-state index in [1.165, 1.54) is 0 Å². The predicted molar refractivity (Wildman–Crippen MR) is 73.9 cm³/mol. The molecule has 0 aromatic carbocycles. The fraction of sp³-hybridized carbons (Fsp3) is 0.214. The summed E-state index contributed by atoms with van der Waals surface area (Å²) in [6.07, 6.45) is 4.98. The molecule has 0 aliphatic heterocycles. The molecule has 98 valence electrons. The highest BCUT2D eigenvalue weighted by Gasteiger charge is 2.11. The summed E-state index contributed by atoms with van der Waals surface area (Å²) in [6, 6.07) is 7.21. The van der Waals surface area contributed by atoms with Crippen molar-refractivity contribution in [3.8, 4) is 0 Å². The van der Waals surface area contributed by atoms with Crippen molar-refractivity contribution < 1.29 is 4.79 Å². The minimum absolute atomic E-state index is 0.0699. The van der Waals surface area contributed by atoms with E-state index in [2.05, 4.69) is 20.6 Å². The molecule has 0 radical (unpaired) electrons. The van der Waals surface area contributed by atoms with Gasteiger partial charge in [0.1, 0.15) is 5.82 Å². The molecule has 5 heteroatoms. The first-order valence-corrected chi connectivity index (χ1v) is 6.05. The van der Waals surface area contributed by atoms with E-state index in [0.717, 1.165) is 11.4 Å². The Labute approximate surface area is 112 Å². The first-order chi connectivity index (χ1) is 9.20. The molecule has 2 N–H and O–H groups in total. The number of pyridine rings is 2. The number of rotatable bonds is 4. The van der Waals surface area contributed by atoms with Gasteiger partial charge in [0, 0.05) is 25.6 Å². The van der Waals surface area contributed by atoms with Gasteiger partial charge in [-0.3, -0.25) is 9.78 Å². The number of aromatic nitrogens is 2. The minimum atomic E-state index is -0.139. The van der Waals surface area contributed by atoms with Crippen molar-refractivity contribution >= 4 is 11.7 Å². The van der Waals surface area contributed by atoms with E-state index in [0.29, 0.717) is 5.56 Å². The highest BCUT2D eigenvalue weighted by atomic mass is 16.1. The van der Waals surface area contributed by atoms with Crippen LogP contribution in [0.15, 0.2) is 42.9 Å². The topological polar surface area (TPSA) is 66.9 Å². The Hall–Kier alpha value is -2.43. The molecule has 0 bridgehead atoms. The highest BCUT2D eigenvalue weighted by molar-refractivity contribution is 5.94. The van der Waals surface area contributed by atoms with Crippen LogP contribution in [0.5, 0.6) is 0 Å². The van der Waals surface area contributed by atoms with Crippen LogP contribution in [0.25, 0.3) is 0 Å². The average Bonchev–Trinajstić information content (AvgIpc) is 2.48. The predicted octanol–water partition coefficient (Wildman–Crippen LogP) is 2.01. The van der Waals surface area contributed by atoms with Crippen LogP contribution in [-0.4, -0.2) is 22.9 Å². The summed E-state index contributed by atoms with van der Waals surface area (Å²) in [6.45, 7) is 1.93. The summed E-state index contributed by atoms with van der Waals surface area (Å²) >= 11 is 0. The Morgan fingerprint density at radius 2 is 1.95 bits per heavy atom. The summed E-state index contributed by atoms with van der Waals surface area (Å²) < 4.78 is 0. The molecular formula is C14H16N4O. The van der Waals surface area contributed by atoms with Gasteiger partial charge in [0.05, 0.1) is 11.6 Å². The molecule has 0 fully saturated rings. The van der Waals surface area contributed by atoms with Crippen LogP contribution < -0.4 is 10.6 Å². The molecule has 2 aromatic heterocycles. The lowest BCUT2D eigenvalue weighted by Crippen LogP contribution is -2.26. The van der Waals surface area contributed by atoms with Crippen LogP contribution in [0.4, 0.5) is 5.82 Å². The lowest BCUT2D eigenvalue weighted by atomic mass is 10.1. The van der Waals surface area contributed by atoms with Gasteiger partial charge in [-0.2, -0.15) is 0 Å². The number of anilines is 1. The standard InChI is InChI=1S/C14H16N4O/c1-10(11-5-7-16-8-6-11)18-14(19)12-3-4-13(15-2)17-9-12/h3-10H,1-2H3,(H,15,17)(H,18,19). The molecule has 0 spiro atoms. The maximum atomic E-state index is 12.0. The summed E-state index contributed by atoms with van der Waals surface area (Å²) in [5.74, 6) is 0.596. The van der Waals surface area contributed by atoms with E-state index in [9.17, 15) is 4.79 Å². The zero-order chi connectivity index (χ0) is 13.7. The van der Waals surface area contributed by atoms with Crippen molar-refractivity contribution in [3.05, 3.63) is 54.0 Å². The Morgan fingerprint density at radius 1 is 1.21 bits per heavy atom. The number of hydrogen-bond donors (Lipinski definition) is 2. The summed E-state index contributed by atoms with van der Waals surface area (Å²) in [4.78, 5) is 20.1. The molecule has 1 amide bonds. The molecule has 0 saturated heterocycles. The number of nitrogens with one attached hydrogen (secondary N) is 2. The number of carbonyl (C=O) groups excluding carboxylic acids is 1. The molecule has 1 unspecified atom stereocenters. The van der Waals surface area contributed by atoms with Gasteiger partial charge in [-0.25, -0.2) is 4.98 Å². The van der Waals surface area contributed by atoms with Crippen molar-refractivity contribution in [2.24, 2.45) is 0 Å². The van der Waals surface area contributed by atoms with Crippen LogP contribution in [0.2, 0.25) is 0 Å². The van der Waals surface area contributed by atoms with Gasteiger partial charge in [-0.1, -0.05) is 0 Å². The van der Waals surface area contributed by atoms with Crippen molar-refractivity contribution in [2.75, 3.05) is 12.4 Å². The van der Waals surface area contributed by atoms with Gasteiger partial charge in [0.2, 0.25) is 0 Å². The third-order valence-electron chi connectivity index (χ3n) is 2.84. The second kappa shape index (κ2) is 5.95. The van der Waals surface area contributed by atoms with Gasteiger partial charge in [0.15, 0.2) is 0 Å². The molecule has 1 atom stereocenters. The van der Waals surface area contributed by atoms with Gasteiger partial charge < -0.3 is 10.6 Å². The molecule has 5 nitrogen and oxygen atoms in total. The fourth-order valence-corrected chi connectivity index (χ4v) is 1.69. The second-order valence-corrected chi connectivity index (χ2v) is 4.16. The van der Waals surface area contributed by atoms with Gasteiger partial charge in [-0.05, 0) is 36.8 Å². The third-order valence-corrected chi connectivity index (χ3v) is 2.84. The van der Waals surface area contributed by atoms with Crippen molar-refractivity contribution in [2.45, 2.75) is 13.0 Å².